The quantitative estimate of drug-likeness (QED) is 0.495. The Morgan fingerprint density at radius 3 is 1.92 bits per heavy atom. The fraction of sp³-hybridized carbons (Fsp3) is 1.00. The van der Waals surface area contributed by atoms with Gasteiger partial charge in [-0.15, -0.1) is 11.1 Å². The van der Waals surface area contributed by atoms with E-state index < -0.39 is 7.71 Å². The van der Waals surface area contributed by atoms with Gasteiger partial charge in [-0.1, -0.05) is 33.6 Å². The second kappa shape index (κ2) is 6.89. The standard InChI is InChI=1S/C8H21ClN2Si/c1-4-7-8-12(9,10-5-2)11-6-3/h10-11H,4-8H2,1-3H3. The SMILES string of the molecule is CCCC[Si](Cl)(NCC)NCC. The van der Waals surface area contributed by atoms with E-state index in [0.717, 1.165) is 19.1 Å². The summed E-state index contributed by atoms with van der Waals surface area (Å²) in [5, 5.41) is 0. The number of nitrogens with one attached hydrogen (secondary N) is 2. The summed E-state index contributed by atoms with van der Waals surface area (Å²) in [6.07, 6.45) is 2.44. The summed E-state index contributed by atoms with van der Waals surface area (Å²) in [5.41, 5.74) is 0. The van der Waals surface area contributed by atoms with Gasteiger partial charge in [-0.3, -0.25) is 0 Å². The van der Waals surface area contributed by atoms with Gasteiger partial charge in [-0.2, -0.15) is 0 Å². The second-order valence-corrected chi connectivity index (χ2v) is 7.71. The van der Waals surface area contributed by atoms with Crippen LogP contribution in [0.1, 0.15) is 33.6 Å². The average molecular weight is 209 g/mol. The van der Waals surface area contributed by atoms with Crippen LogP contribution >= 0.6 is 11.1 Å². The highest BCUT2D eigenvalue weighted by Crippen LogP contribution is 2.11. The number of hydrogen-bond donors (Lipinski definition) is 2. The molecule has 0 spiro atoms. The molecular formula is C8H21ClN2Si. The van der Waals surface area contributed by atoms with Gasteiger partial charge in [-0.25, -0.2) is 0 Å². The van der Waals surface area contributed by atoms with Crippen LogP contribution in [0.25, 0.3) is 0 Å². The van der Waals surface area contributed by atoms with Crippen molar-refractivity contribution in [2.24, 2.45) is 0 Å². The molecule has 2 nitrogen and oxygen atoms in total. The van der Waals surface area contributed by atoms with Crippen LogP contribution in [-0.4, -0.2) is 20.8 Å². The summed E-state index contributed by atoms with van der Waals surface area (Å²) in [6, 6.07) is 1.12. The third-order valence-corrected chi connectivity index (χ3v) is 6.03. The molecule has 0 radical (unpaired) electrons. The molecule has 0 amide bonds. The molecule has 0 aliphatic rings. The lowest BCUT2D eigenvalue weighted by atomic mass is 10.4. The molecule has 0 aliphatic heterocycles. The van der Waals surface area contributed by atoms with E-state index in [1.54, 1.807) is 0 Å². The molecule has 0 aromatic rings. The van der Waals surface area contributed by atoms with E-state index in [1.165, 1.54) is 12.8 Å². The van der Waals surface area contributed by atoms with Crippen molar-refractivity contribution in [3.8, 4) is 0 Å². The lowest BCUT2D eigenvalue weighted by molar-refractivity contribution is 0.806. The topological polar surface area (TPSA) is 24.1 Å². The largest absolute Gasteiger partial charge is 0.314 e. The van der Waals surface area contributed by atoms with Gasteiger partial charge in [-0.05, 0) is 19.1 Å². The highest BCUT2D eigenvalue weighted by atomic mass is 35.6. The molecule has 0 aliphatic carbocycles. The first-order valence-electron chi connectivity index (χ1n) is 4.87. The van der Waals surface area contributed by atoms with E-state index in [1.807, 2.05) is 0 Å². The van der Waals surface area contributed by atoms with Gasteiger partial charge in [0.25, 0.3) is 0 Å². The van der Waals surface area contributed by atoms with Gasteiger partial charge in [0, 0.05) is 0 Å². The zero-order valence-corrected chi connectivity index (χ0v) is 10.2. The van der Waals surface area contributed by atoms with Crippen LogP contribution in [0.15, 0.2) is 0 Å². The van der Waals surface area contributed by atoms with E-state index in [-0.39, 0.29) is 0 Å². The van der Waals surface area contributed by atoms with E-state index in [0.29, 0.717) is 0 Å². The van der Waals surface area contributed by atoms with Gasteiger partial charge >= 0.3 is 7.71 Å². The molecule has 0 rings (SSSR count). The molecule has 0 unspecified atom stereocenters. The lowest BCUT2D eigenvalue weighted by Crippen LogP contribution is -2.57. The Kier molecular flexibility index (Phi) is 7.14. The molecule has 0 fully saturated rings. The van der Waals surface area contributed by atoms with Gasteiger partial charge in [0.1, 0.15) is 0 Å². The molecule has 0 aromatic carbocycles. The van der Waals surface area contributed by atoms with Gasteiger partial charge in [0.05, 0.1) is 0 Å². The third-order valence-electron chi connectivity index (χ3n) is 1.79. The minimum absolute atomic E-state index is 0.965. The van der Waals surface area contributed by atoms with Crippen LogP contribution in [0, 0.1) is 0 Å². The first-order valence-corrected chi connectivity index (χ1v) is 8.09. The van der Waals surface area contributed by atoms with Crippen molar-refractivity contribution in [1.29, 1.82) is 0 Å². The summed E-state index contributed by atoms with van der Waals surface area (Å²) >= 11 is 6.43. The number of unbranched alkanes of at least 4 members (excludes halogenated alkanes) is 1. The minimum Gasteiger partial charge on any atom is -0.314 e. The third kappa shape index (κ3) is 5.14. The maximum absolute atomic E-state index is 6.43. The van der Waals surface area contributed by atoms with Crippen LogP contribution in [-0.2, 0) is 0 Å². The second-order valence-electron chi connectivity index (χ2n) is 2.97. The molecule has 0 saturated carbocycles. The zero-order valence-electron chi connectivity index (χ0n) is 8.41. The molecule has 2 N–H and O–H groups in total. The van der Waals surface area contributed by atoms with Crippen molar-refractivity contribution < 1.29 is 0 Å². The molecule has 0 saturated heterocycles. The van der Waals surface area contributed by atoms with Crippen LogP contribution in [0.4, 0.5) is 0 Å². The fourth-order valence-corrected chi connectivity index (χ4v) is 4.86. The maximum Gasteiger partial charge on any atom is 0.302 e. The molecular weight excluding hydrogens is 188 g/mol. The fourth-order valence-electron chi connectivity index (χ4n) is 1.22. The van der Waals surface area contributed by atoms with Crippen LogP contribution in [0.2, 0.25) is 6.04 Å². The highest BCUT2D eigenvalue weighted by molar-refractivity contribution is 7.17. The van der Waals surface area contributed by atoms with Crippen molar-refractivity contribution in [2.45, 2.75) is 39.7 Å². The molecule has 12 heavy (non-hydrogen) atoms. The lowest BCUT2D eigenvalue weighted by Gasteiger charge is -2.25. The predicted molar refractivity (Wildman–Crippen MR) is 58.7 cm³/mol. The van der Waals surface area contributed by atoms with Crippen molar-refractivity contribution >= 4 is 18.8 Å². The molecule has 4 heteroatoms. The number of hydrogen-bond acceptors (Lipinski definition) is 2. The Bertz CT molecular complexity index is 105. The van der Waals surface area contributed by atoms with Gasteiger partial charge in [0.15, 0.2) is 0 Å². The Labute approximate surface area is 81.9 Å². The summed E-state index contributed by atoms with van der Waals surface area (Å²) < 4.78 is 0. The van der Waals surface area contributed by atoms with E-state index in [9.17, 15) is 0 Å². The minimum atomic E-state index is -1.80. The molecule has 0 aromatic heterocycles. The Hall–Kier alpha value is 0.427. The Morgan fingerprint density at radius 1 is 1.08 bits per heavy atom. The van der Waals surface area contributed by atoms with Crippen molar-refractivity contribution in [3.63, 3.8) is 0 Å². The molecule has 0 atom stereocenters. The van der Waals surface area contributed by atoms with Crippen LogP contribution < -0.4 is 9.96 Å². The first kappa shape index (κ1) is 12.4. The van der Waals surface area contributed by atoms with E-state index in [2.05, 4.69) is 30.7 Å². The first-order chi connectivity index (χ1) is 5.68. The number of halogens is 1. The Balaban J connectivity index is 3.80. The average Bonchev–Trinajstić information content (AvgIpc) is 2.02. The molecule has 74 valence electrons. The summed E-state index contributed by atoms with van der Waals surface area (Å²) in [6.45, 7) is 8.34. The predicted octanol–water partition coefficient (Wildman–Crippen LogP) is 2.18. The van der Waals surface area contributed by atoms with Crippen LogP contribution in [0.3, 0.4) is 0 Å². The van der Waals surface area contributed by atoms with Crippen molar-refractivity contribution in [1.82, 2.24) is 9.96 Å². The number of rotatable bonds is 7. The normalized spacial score (nSPS) is 12.0. The summed E-state index contributed by atoms with van der Waals surface area (Å²) in [4.78, 5) is 6.78. The van der Waals surface area contributed by atoms with Gasteiger partial charge < -0.3 is 9.96 Å². The smallest absolute Gasteiger partial charge is 0.302 e. The van der Waals surface area contributed by atoms with Crippen LogP contribution in [0.5, 0.6) is 0 Å². The van der Waals surface area contributed by atoms with Gasteiger partial charge in [0.2, 0.25) is 0 Å². The monoisotopic (exact) mass is 208 g/mol. The Morgan fingerprint density at radius 2 is 1.58 bits per heavy atom. The summed E-state index contributed by atoms with van der Waals surface area (Å²) in [5.74, 6) is 0. The molecule has 0 bridgehead atoms. The van der Waals surface area contributed by atoms with Crippen molar-refractivity contribution in [3.05, 3.63) is 0 Å². The maximum atomic E-state index is 6.43. The summed E-state index contributed by atoms with van der Waals surface area (Å²) in [7, 11) is -1.80. The zero-order chi connectivity index (χ0) is 9.45. The highest BCUT2D eigenvalue weighted by Gasteiger charge is 2.28. The van der Waals surface area contributed by atoms with E-state index >= 15 is 0 Å². The van der Waals surface area contributed by atoms with E-state index in [4.69, 9.17) is 11.1 Å². The molecule has 0 heterocycles. The van der Waals surface area contributed by atoms with Crippen molar-refractivity contribution in [2.75, 3.05) is 13.1 Å².